The number of benzene rings is 2. The summed E-state index contributed by atoms with van der Waals surface area (Å²) in [6.07, 6.45) is 2.50. The Morgan fingerprint density at radius 3 is 2.59 bits per heavy atom. The van der Waals surface area contributed by atoms with Crippen molar-refractivity contribution in [1.82, 2.24) is 4.98 Å². The van der Waals surface area contributed by atoms with Crippen molar-refractivity contribution >= 4 is 22.4 Å². The van der Waals surface area contributed by atoms with E-state index in [1.54, 1.807) is 19.2 Å². The predicted molar refractivity (Wildman–Crippen MR) is 105 cm³/mol. The van der Waals surface area contributed by atoms with E-state index < -0.39 is 5.41 Å². The number of rotatable bonds is 5. The average Bonchev–Trinajstić information content (AvgIpc) is 3.10. The van der Waals surface area contributed by atoms with Crippen LogP contribution in [0.5, 0.6) is 5.75 Å². The summed E-state index contributed by atoms with van der Waals surface area (Å²) in [5.74, 6) is 0.360. The van der Waals surface area contributed by atoms with Crippen LogP contribution in [0.3, 0.4) is 0 Å². The van der Waals surface area contributed by atoms with Gasteiger partial charge in [0.2, 0.25) is 5.91 Å². The molecule has 1 saturated carbocycles. The molecular weight excluding hydrogens is 363 g/mol. The maximum absolute atomic E-state index is 13.3. The molecule has 4 rings (SSSR count). The van der Waals surface area contributed by atoms with E-state index in [-0.39, 0.29) is 11.7 Å². The van der Waals surface area contributed by atoms with E-state index in [1.807, 2.05) is 29.6 Å². The quantitative estimate of drug-likeness (QED) is 0.674. The number of amides is 1. The van der Waals surface area contributed by atoms with Crippen molar-refractivity contribution in [3.05, 3.63) is 65.3 Å². The first-order chi connectivity index (χ1) is 13.1. The highest BCUT2D eigenvalue weighted by molar-refractivity contribution is 7.14. The van der Waals surface area contributed by atoms with E-state index in [2.05, 4.69) is 10.3 Å². The Morgan fingerprint density at radius 1 is 1.19 bits per heavy atom. The summed E-state index contributed by atoms with van der Waals surface area (Å²) in [4.78, 5) is 17.6. The normalized spacial score (nSPS) is 15.0. The van der Waals surface area contributed by atoms with Crippen LogP contribution in [0.15, 0.2) is 53.9 Å². The first-order valence-corrected chi connectivity index (χ1v) is 9.67. The second-order valence-electron chi connectivity index (χ2n) is 6.63. The van der Waals surface area contributed by atoms with Gasteiger partial charge in [-0.1, -0.05) is 30.7 Å². The van der Waals surface area contributed by atoms with Gasteiger partial charge in [-0.05, 0) is 42.7 Å². The third kappa shape index (κ3) is 3.21. The van der Waals surface area contributed by atoms with Crippen molar-refractivity contribution in [2.24, 2.45) is 0 Å². The Bertz CT molecular complexity index is 964. The minimum Gasteiger partial charge on any atom is -0.496 e. The highest BCUT2D eigenvalue weighted by Gasteiger charge is 2.45. The van der Waals surface area contributed by atoms with Crippen molar-refractivity contribution in [1.29, 1.82) is 0 Å². The number of nitrogens with zero attached hydrogens (tertiary/aromatic N) is 1. The van der Waals surface area contributed by atoms with Crippen molar-refractivity contribution in [2.45, 2.75) is 24.7 Å². The summed E-state index contributed by atoms with van der Waals surface area (Å²) in [7, 11) is 1.62. The molecule has 1 aliphatic rings. The van der Waals surface area contributed by atoms with Gasteiger partial charge >= 0.3 is 0 Å². The van der Waals surface area contributed by atoms with E-state index in [0.29, 0.717) is 5.13 Å². The van der Waals surface area contributed by atoms with Gasteiger partial charge in [0, 0.05) is 10.9 Å². The number of para-hydroxylation sites is 1. The molecule has 0 radical (unpaired) electrons. The van der Waals surface area contributed by atoms with Crippen LogP contribution >= 0.6 is 11.3 Å². The molecule has 0 spiro atoms. The van der Waals surface area contributed by atoms with Crippen molar-refractivity contribution in [3.8, 4) is 17.0 Å². The Morgan fingerprint density at radius 2 is 1.93 bits per heavy atom. The lowest BCUT2D eigenvalue weighted by Crippen LogP contribution is -2.46. The standard InChI is InChI=1S/C21H19FN2O2S/c1-26-18-6-3-2-5-16(18)17-13-27-20(23-17)24-19(25)21(11-4-12-21)14-7-9-15(22)10-8-14/h2-3,5-10,13H,4,11-12H2,1H3,(H,23,24,25). The number of nitrogens with one attached hydrogen (secondary N) is 1. The molecule has 1 aliphatic carbocycles. The fourth-order valence-corrected chi connectivity index (χ4v) is 4.18. The maximum atomic E-state index is 13.3. The summed E-state index contributed by atoms with van der Waals surface area (Å²) in [6, 6.07) is 13.9. The maximum Gasteiger partial charge on any atom is 0.236 e. The predicted octanol–water partition coefficient (Wildman–Crippen LogP) is 5.02. The minimum atomic E-state index is -0.593. The number of anilines is 1. The summed E-state index contributed by atoms with van der Waals surface area (Å²) >= 11 is 1.38. The summed E-state index contributed by atoms with van der Waals surface area (Å²) in [6.45, 7) is 0. The van der Waals surface area contributed by atoms with Gasteiger partial charge in [-0.2, -0.15) is 0 Å². The SMILES string of the molecule is COc1ccccc1-c1csc(NC(=O)C2(c3ccc(F)cc3)CCC2)n1. The molecule has 6 heteroatoms. The zero-order chi connectivity index (χ0) is 18.9. The Labute approximate surface area is 161 Å². The highest BCUT2D eigenvalue weighted by atomic mass is 32.1. The fourth-order valence-electron chi connectivity index (χ4n) is 3.47. The van der Waals surface area contributed by atoms with E-state index in [9.17, 15) is 9.18 Å². The Hall–Kier alpha value is -2.73. The van der Waals surface area contributed by atoms with Crippen LogP contribution in [0.2, 0.25) is 0 Å². The van der Waals surface area contributed by atoms with Crippen LogP contribution in [-0.4, -0.2) is 18.0 Å². The first kappa shape index (κ1) is 17.7. The smallest absolute Gasteiger partial charge is 0.236 e. The lowest BCUT2D eigenvalue weighted by molar-refractivity contribution is -0.124. The van der Waals surface area contributed by atoms with Crippen LogP contribution in [0.1, 0.15) is 24.8 Å². The molecule has 1 fully saturated rings. The highest BCUT2D eigenvalue weighted by Crippen LogP contribution is 2.45. The molecule has 4 nitrogen and oxygen atoms in total. The molecule has 1 heterocycles. The van der Waals surface area contributed by atoms with E-state index in [4.69, 9.17) is 4.74 Å². The van der Waals surface area contributed by atoms with Gasteiger partial charge in [-0.25, -0.2) is 9.37 Å². The second kappa shape index (κ2) is 7.12. The molecule has 0 saturated heterocycles. The number of halogens is 1. The van der Waals surface area contributed by atoms with Crippen LogP contribution in [0, 0.1) is 5.82 Å². The summed E-state index contributed by atoms with van der Waals surface area (Å²) < 4.78 is 18.6. The zero-order valence-corrected chi connectivity index (χ0v) is 15.7. The summed E-state index contributed by atoms with van der Waals surface area (Å²) in [5.41, 5.74) is 1.91. The van der Waals surface area contributed by atoms with Gasteiger partial charge in [0.25, 0.3) is 0 Å². The molecule has 27 heavy (non-hydrogen) atoms. The van der Waals surface area contributed by atoms with Crippen molar-refractivity contribution in [3.63, 3.8) is 0 Å². The molecule has 3 aromatic rings. The van der Waals surface area contributed by atoms with Gasteiger partial charge in [0.15, 0.2) is 5.13 Å². The number of methoxy groups -OCH3 is 1. The van der Waals surface area contributed by atoms with Gasteiger partial charge in [0.1, 0.15) is 11.6 Å². The largest absolute Gasteiger partial charge is 0.496 e. The number of hydrogen-bond acceptors (Lipinski definition) is 4. The van der Waals surface area contributed by atoms with Crippen LogP contribution in [-0.2, 0) is 10.2 Å². The molecule has 0 aliphatic heterocycles. The number of carbonyl (C=O) groups excluding carboxylic acids is 1. The molecular formula is C21H19FN2O2S. The topological polar surface area (TPSA) is 51.2 Å². The second-order valence-corrected chi connectivity index (χ2v) is 7.49. The van der Waals surface area contributed by atoms with Crippen LogP contribution in [0.25, 0.3) is 11.3 Å². The number of carbonyl (C=O) groups is 1. The first-order valence-electron chi connectivity index (χ1n) is 8.79. The third-order valence-electron chi connectivity index (χ3n) is 5.15. The molecule has 0 unspecified atom stereocenters. The lowest BCUT2D eigenvalue weighted by atomic mass is 9.64. The Kier molecular flexibility index (Phi) is 4.66. The zero-order valence-electron chi connectivity index (χ0n) is 14.9. The number of aromatic nitrogens is 1. The molecule has 1 amide bonds. The molecule has 0 atom stereocenters. The molecule has 0 bridgehead atoms. The van der Waals surface area contributed by atoms with E-state index in [1.165, 1.54) is 23.5 Å². The van der Waals surface area contributed by atoms with Crippen LogP contribution in [0.4, 0.5) is 9.52 Å². The van der Waals surface area contributed by atoms with Crippen molar-refractivity contribution in [2.75, 3.05) is 12.4 Å². The molecule has 2 aromatic carbocycles. The molecule has 138 valence electrons. The van der Waals surface area contributed by atoms with E-state index in [0.717, 1.165) is 41.8 Å². The van der Waals surface area contributed by atoms with Gasteiger partial charge in [0.05, 0.1) is 18.2 Å². The minimum absolute atomic E-state index is 0.0821. The van der Waals surface area contributed by atoms with Gasteiger partial charge in [-0.15, -0.1) is 11.3 Å². The number of thiazole rings is 1. The van der Waals surface area contributed by atoms with Crippen molar-refractivity contribution < 1.29 is 13.9 Å². The molecule has 1 aromatic heterocycles. The number of ether oxygens (including phenoxy) is 1. The Balaban J connectivity index is 1.56. The van der Waals surface area contributed by atoms with Gasteiger partial charge < -0.3 is 10.1 Å². The average molecular weight is 382 g/mol. The van der Waals surface area contributed by atoms with E-state index >= 15 is 0 Å². The number of hydrogen-bond donors (Lipinski definition) is 1. The summed E-state index contributed by atoms with van der Waals surface area (Å²) in [5, 5.41) is 5.41. The third-order valence-corrected chi connectivity index (χ3v) is 5.90. The fraction of sp³-hybridized carbons (Fsp3) is 0.238. The monoisotopic (exact) mass is 382 g/mol. The lowest BCUT2D eigenvalue weighted by Gasteiger charge is -2.40. The van der Waals surface area contributed by atoms with Crippen LogP contribution < -0.4 is 10.1 Å². The molecule has 1 N–H and O–H groups in total. The van der Waals surface area contributed by atoms with Gasteiger partial charge in [-0.3, -0.25) is 4.79 Å².